The van der Waals surface area contributed by atoms with E-state index in [0.717, 1.165) is 57.1 Å². The summed E-state index contributed by atoms with van der Waals surface area (Å²) in [4.78, 5) is 35.4. The number of carbonyl (C=O) groups is 2. The summed E-state index contributed by atoms with van der Waals surface area (Å²) in [5.74, 6) is -0.141. The molecule has 1 saturated heterocycles. The molecule has 1 fully saturated rings. The number of aromatic amines is 2. The molecule has 0 spiro atoms. The molecule has 0 unspecified atom stereocenters. The van der Waals surface area contributed by atoms with Gasteiger partial charge in [-0.3, -0.25) is 14.6 Å². The maximum atomic E-state index is 13.7. The van der Waals surface area contributed by atoms with Gasteiger partial charge in [-0.1, -0.05) is 47.5 Å². The van der Waals surface area contributed by atoms with Crippen LogP contribution in [0.5, 0.6) is 0 Å². The number of fused-ring (bicyclic) bond motifs is 2. The Morgan fingerprint density at radius 1 is 0.846 bits per heavy atom. The van der Waals surface area contributed by atoms with E-state index in [1.807, 2.05) is 41.5 Å². The van der Waals surface area contributed by atoms with Gasteiger partial charge >= 0.3 is 0 Å². The quantitative estimate of drug-likeness (QED) is 0.124. The van der Waals surface area contributed by atoms with E-state index in [0.29, 0.717) is 42.6 Å². The number of benzene rings is 4. The van der Waals surface area contributed by atoms with Gasteiger partial charge in [-0.2, -0.15) is 0 Å². The molecule has 3 N–H and O–H groups in total. The van der Waals surface area contributed by atoms with Crippen molar-refractivity contribution in [2.24, 2.45) is 0 Å². The van der Waals surface area contributed by atoms with Gasteiger partial charge in [0.2, 0.25) is 11.8 Å². The molecule has 268 valence electrons. The maximum Gasteiger partial charge on any atom is 0.234 e. The first-order valence-electron chi connectivity index (χ1n) is 17.6. The van der Waals surface area contributed by atoms with Gasteiger partial charge in [0.1, 0.15) is 5.82 Å². The van der Waals surface area contributed by atoms with Crippen LogP contribution in [0.15, 0.2) is 97.3 Å². The first kappa shape index (κ1) is 35.6. The molecule has 3 heterocycles. The minimum absolute atomic E-state index is 0.0649. The highest BCUT2D eigenvalue weighted by molar-refractivity contribution is 6.42. The van der Waals surface area contributed by atoms with Crippen molar-refractivity contribution in [2.75, 3.05) is 25.0 Å². The van der Waals surface area contributed by atoms with Crippen LogP contribution < -0.4 is 5.32 Å². The Morgan fingerprint density at radius 3 is 2.29 bits per heavy atom. The van der Waals surface area contributed by atoms with Gasteiger partial charge < -0.3 is 20.2 Å². The van der Waals surface area contributed by atoms with Crippen LogP contribution in [0, 0.1) is 5.82 Å². The molecule has 11 heteroatoms. The van der Waals surface area contributed by atoms with E-state index in [1.54, 1.807) is 43.0 Å². The molecule has 0 saturated carbocycles. The lowest BCUT2D eigenvalue weighted by atomic mass is 9.89. The second-order valence-electron chi connectivity index (χ2n) is 13.6. The van der Waals surface area contributed by atoms with Crippen molar-refractivity contribution in [3.05, 3.63) is 130 Å². The fourth-order valence-electron chi connectivity index (χ4n) is 7.54. The number of rotatable bonds is 11. The number of hydrogen-bond donors (Lipinski definition) is 3. The monoisotopic (exact) mass is 738 g/mol. The van der Waals surface area contributed by atoms with Gasteiger partial charge in [0, 0.05) is 85.6 Å². The third-order valence-corrected chi connectivity index (χ3v) is 10.8. The first-order valence-corrected chi connectivity index (χ1v) is 18.3. The summed E-state index contributed by atoms with van der Waals surface area (Å²) < 4.78 is 13.5. The Hall–Kier alpha value is -4.83. The first-order chi connectivity index (χ1) is 25.1. The van der Waals surface area contributed by atoms with Gasteiger partial charge in [0.15, 0.2) is 0 Å². The molecule has 7 rings (SSSR count). The number of H-pyrrole nitrogens is 2. The number of para-hydroxylation sites is 1. The number of anilines is 2. The number of halogens is 3. The molecule has 52 heavy (non-hydrogen) atoms. The lowest BCUT2D eigenvalue weighted by molar-refractivity contribution is -0.158. The zero-order chi connectivity index (χ0) is 36.4. The fraction of sp³-hybridized carbons (Fsp3) is 0.268. The minimum Gasteiger partial charge on any atom is -0.361 e. The van der Waals surface area contributed by atoms with E-state index in [9.17, 15) is 14.0 Å². The van der Waals surface area contributed by atoms with Crippen LogP contribution in [0.2, 0.25) is 10.0 Å². The van der Waals surface area contributed by atoms with Crippen LogP contribution in [0.25, 0.3) is 21.8 Å². The second-order valence-corrected chi connectivity index (χ2v) is 14.4. The Bertz CT molecular complexity index is 2210. The van der Waals surface area contributed by atoms with E-state index < -0.39 is 0 Å². The standard InChI is InChI=1S/C41H41Cl2FN6O2/c1-26(51)48(24-28-7-13-38(42)39(43)19-28)25-34(20-30-22-45-40-6-4-3-5-35(30)40)50(27(2)52)49-17-15-29(16-18-49)37-23-46-41-14-12-33(21-36(37)41)47-32-10-8-31(44)9-11-32/h3-14,19,21-23,29,34,45-47H,15-18,20,24-25H2,1-2H3/t34-/m1/s1. The summed E-state index contributed by atoms with van der Waals surface area (Å²) in [6.07, 6.45) is 6.37. The van der Waals surface area contributed by atoms with E-state index >= 15 is 0 Å². The minimum atomic E-state index is -0.326. The fourth-order valence-corrected chi connectivity index (χ4v) is 7.86. The molecule has 1 aliphatic heterocycles. The largest absolute Gasteiger partial charge is 0.361 e. The summed E-state index contributed by atoms with van der Waals surface area (Å²) in [6, 6.07) is 25.8. The average molecular weight is 740 g/mol. The SMILES string of the molecule is CC(=O)N(Cc1ccc(Cl)c(Cl)c1)C[C@@H](Cc1c[nH]c2ccccc12)N(C(C)=O)N1CCC(c2c[nH]c3ccc(Nc4ccc(F)cc4)cc23)CC1. The summed E-state index contributed by atoms with van der Waals surface area (Å²) in [5.41, 5.74) is 7.02. The van der Waals surface area contributed by atoms with Crippen molar-refractivity contribution in [3.63, 3.8) is 0 Å². The van der Waals surface area contributed by atoms with Crippen molar-refractivity contribution in [3.8, 4) is 0 Å². The molecule has 0 aliphatic carbocycles. The van der Waals surface area contributed by atoms with Crippen molar-refractivity contribution in [2.45, 2.75) is 51.6 Å². The summed E-state index contributed by atoms with van der Waals surface area (Å²) in [5, 5.41) is 10.6. The number of nitrogens with zero attached hydrogens (tertiary/aromatic N) is 3. The highest BCUT2D eigenvalue weighted by Crippen LogP contribution is 2.36. The smallest absolute Gasteiger partial charge is 0.234 e. The highest BCUT2D eigenvalue weighted by Gasteiger charge is 2.34. The van der Waals surface area contributed by atoms with E-state index in [4.69, 9.17) is 23.2 Å². The van der Waals surface area contributed by atoms with E-state index in [2.05, 4.69) is 44.7 Å². The molecule has 0 bridgehead atoms. The summed E-state index contributed by atoms with van der Waals surface area (Å²) in [6.45, 7) is 5.21. The predicted octanol–water partition coefficient (Wildman–Crippen LogP) is 9.44. The highest BCUT2D eigenvalue weighted by atomic mass is 35.5. The topological polar surface area (TPSA) is 87.5 Å². The summed E-state index contributed by atoms with van der Waals surface area (Å²) in [7, 11) is 0. The van der Waals surface area contributed by atoms with Gasteiger partial charge in [0.25, 0.3) is 0 Å². The molecular weight excluding hydrogens is 698 g/mol. The third-order valence-electron chi connectivity index (χ3n) is 10.1. The van der Waals surface area contributed by atoms with Crippen molar-refractivity contribution >= 4 is 68.2 Å². The normalized spacial score (nSPS) is 14.5. The number of amides is 2. The number of hydrazine groups is 1. The van der Waals surface area contributed by atoms with Crippen molar-refractivity contribution < 1.29 is 14.0 Å². The number of piperidine rings is 1. The lowest BCUT2D eigenvalue weighted by Gasteiger charge is -2.44. The van der Waals surface area contributed by atoms with Crippen LogP contribution in [0.4, 0.5) is 15.8 Å². The summed E-state index contributed by atoms with van der Waals surface area (Å²) >= 11 is 12.5. The van der Waals surface area contributed by atoms with Gasteiger partial charge in [-0.25, -0.2) is 9.40 Å². The predicted molar refractivity (Wildman–Crippen MR) is 207 cm³/mol. The Morgan fingerprint density at radius 2 is 1.56 bits per heavy atom. The Labute approximate surface area is 312 Å². The Kier molecular flexibility index (Phi) is 10.5. The van der Waals surface area contributed by atoms with Crippen LogP contribution in [0.1, 0.15) is 49.3 Å². The molecule has 6 aromatic rings. The molecule has 2 aromatic heterocycles. The van der Waals surface area contributed by atoms with Crippen LogP contribution in [-0.4, -0.2) is 62.4 Å². The third kappa shape index (κ3) is 7.82. The molecule has 0 radical (unpaired) electrons. The zero-order valence-electron chi connectivity index (χ0n) is 29.1. The zero-order valence-corrected chi connectivity index (χ0v) is 30.6. The number of hydrogen-bond acceptors (Lipinski definition) is 4. The van der Waals surface area contributed by atoms with Crippen LogP contribution in [0.3, 0.4) is 0 Å². The number of aromatic nitrogens is 2. The molecular formula is C41H41Cl2FN6O2. The van der Waals surface area contributed by atoms with Gasteiger partial charge in [-0.15, -0.1) is 0 Å². The van der Waals surface area contributed by atoms with Gasteiger partial charge in [0.05, 0.1) is 16.1 Å². The van der Waals surface area contributed by atoms with E-state index in [1.165, 1.54) is 17.7 Å². The molecule has 1 atom stereocenters. The average Bonchev–Trinajstić information content (AvgIpc) is 3.75. The Balaban J connectivity index is 1.13. The van der Waals surface area contributed by atoms with Crippen LogP contribution in [-0.2, 0) is 22.6 Å². The van der Waals surface area contributed by atoms with E-state index in [-0.39, 0.29) is 29.6 Å². The second kappa shape index (κ2) is 15.4. The maximum absolute atomic E-state index is 13.7. The molecule has 4 aromatic carbocycles. The lowest BCUT2D eigenvalue weighted by Crippen LogP contribution is -2.57. The number of nitrogens with one attached hydrogen (secondary N) is 3. The molecule has 8 nitrogen and oxygen atoms in total. The molecule has 1 aliphatic rings. The molecule has 2 amide bonds. The van der Waals surface area contributed by atoms with Crippen molar-refractivity contribution in [1.29, 1.82) is 0 Å². The van der Waals surface area contributed by atoms with Crippen LogP contribution >= 0.6 is 23.2 Å². The van der Waals surface area contributed by atoms with Gasteiger partial charge in [-0.05, 0) is 103 Å². The number of carbonyl (C=O) groups excluding carboxylic acids is 2. The van der Waals surface area contributed by atoms with Crippen molar-refractivity contribution in [1.82, 2.24) is 24.9 Å².